The van der Waals surface area contributed by atoms with Crippen LogP contribution in [0, 0.1) is 17.8 Å². The molecule has 0 saturated carbocycles. The number of hydrogen-bond acceptors (Lipinski definition) is 8. The van der Waals surface area contributed by atoms with Gasteiger partial charge in [0.15, 0.2) is 5.83 Å². The average molecular weight is 652 g/mol. The van der Waals surface area contributed by atoms with Gasteiger partial charge in [-0.05, 0) is 31.0 Å². The van der Waals surface area contributed by atoms with E-state index in [0.717, 1.165) is 35.4 Å². The fourth-order valence-corrected chi connectivity index (χ4v) is 7.32. The lowest BCUT2D eigenvalue weighted by atomic mass is 9.82. The molecule has 1 aromatic heterocycles. The standard InChI is InChI=1S/C33H36ClF2N7O3/c1-21(35)31(44)43-13-12-42(15-23(43)14-37-2)30-24-10-11-41(27-7-5-6-22-8-9-25(36)29(34)28(22)27)16-26(24)38-32(39-30)46-20-33(19-45-4)17-40(3)18-33/h5-9,23H,1,10-20H2,3-4H3/t23-/m0/s1. The summed E-state index contributed by atoms with van der Waals surface area (Å²) >= 11 is 6.49. The highest BCUT2D eigenvalue weighted by Crippen LogP contribution is 2.38. The summed E-state index contributed by atoms with van der Waals surface area (Å²) in [6.07, 6.45) is 0.584. The lowest BCUT2D eigenvalue weighted by Gasteiger charge is -2.47. The number of methoxy groups -OCH3 is 1. The van der Waals surface area contributed by atoms with E-state index in [-0.39, 0.29) is 29.5 Å². The molecular formula is C33H36ClF2N7O3. The third kappa shape index (κ3) is 6.07. The van der Waals surface area contributed by atoms with Gasteiger partial charge in [0, 0.05) is 63.0 Å². The third-order valence-electron chi connectivity index (χ3n) is 9.02. The number of carbonyl (C=O) groups excluding carboxylic acids is 1. The highest BCUT2D eigenvalue weighted by Gasteiger charge is 2.43. The van der Waals surface area contributed by atoms with Gasteiger partial charge in [0.25, 0.3) is 5.91 Å². The van der Waals surface area contributed by atoms with Crippen molar-refractivity contribution in [2.75, 3.05) is 83.0 Å². The topological polar surface area (TPSA) is 78.6 Å². The molecule has 3 aromatic rings. The maximum atomic E-state index is 14.6. The molecule has 0 radical (unpaired) electrons. The number of ether oxygens (including phenoxy) is 2. The molecule has 13 heteroatoms. The van der Waals surface area contributed by atoms with Crippen LogP contribution in [-0.2, 0) is 22.5 Å². The molecule has 6 rings (SSSR count). The molecule has 10 nitrogen and oxygen atoms in total. The number of benzene rings is 2. The largest absolute Gasteiger partial charge is 0.463 e. The van der Waals surface area contributed by atoms with Crippen molar-refractivity contribution in [3.05, 3.63) is 76.3 Å². The van der Waals surface area contributed by atoms with E-state index in [9.17, 15) is 13.6 Å². The first-order valence-corrected chi connectivity index (χ1v) is 15.6. The molecule has 3 aliphatic rings. The maximum absolute atomic E-state index is 14.6. The summed E-state index contributed by atoms with van der Waals surface area (Å²) in [5.74, 6) is -1.64. The normalized spacial score (nSPS) is 19.4. The van der Waals surface area contributed by atoms with E-state index in [2.05, 4.69) is 21.2 Å². The van der Waals surface area contributed by atoms with Crippen molar-refractivity contribution in [1.82, 2.24) is 19.8 Å². The van der Waals surface area contributed by atoms with Gasteiger partial charge in [0.1, 0.15) is 24.3 Å². The number of rotatable bonds is 9. The molecule has 0 spiro atoms. The van der Waals surface area contributed by atoms with Crippen LogP contribution in [-0.4, -0.2) is 105 Å². The van der Waals surface area contributed by atoms with E-state index >= 15 is 0 Å². The number of hydrogen-bond donors (Lipinski definition) is 0. The maximum Gasteiger partial charge on any atom is 0.318 e. The van der Waals surface area contributed by atoms with Crippen molar-refractivity contribution < 1.29 is 23.0 Å². The van der Waals surface area contributed by atoms with Crippen LogP contribution in [0.15, 0.2) is 42.7 Å². The average Bonchev–Trinajstić information content (AvgIpc) is 3.03. The summed E-state index contributed by atoms with van der Waals surface area (Å²) < 4.78 is 40.2. The van der Waals surface area contributed by atoms with Crippen molar-refractivity contribution >= 4 is 39.8 Å². The third-order valence-corrected chi connectivity index (χ3v) is 9.39. The van der Waals surface area contributed by atoms with E-state index in [1.807, 2.05) is 30.1 Å². The summed E-state index contributed by atoms with van der Waals surface area (Å²) in [5, 5.41) is 1.56. The number of halogens is 3. The number of nitrogens with zero attached hydrogens (tertiary/aromatic N) is 7. The molecule has 0 bridgehead atoms. The lowest BCUT2D eigenvalue weighted by Crippen LogP contribution is -2.59. The van der Waals surface area contributed by atoms with Crippen molar-refractivity contribution in [3.63, 3.8) is 0 Å². The fraction of sp³-hybridized carbons (Fsp3) is 0.455. The number of anilines is 2. The molecule has 2 saturated heterocycles. The van der Waals surface area contributed by atoms with Crippen LogP contribution >= 0.6 is 11.6 Å². The van der Waals surface area contributed by atoms with Crippen LogP contribution in [0.4, 0.5) is 20.3 Å². The highest BCUT2D eigenvalue weighted by molar-refractivity contribution is 6.36. The van der Waals surface area contributed by atoms with Crippen molar-refractivity contribution in [3.8, 4) is 6.01 Å². The van der Waals surface area contributed by atoms with Crippen molar-refractivity contribution in [2.24, 2.45) is 5.41 Å². The fourth-order valence-electron chi connectivity index (χ4n) is 7.05. The van der Waals surface area contributed by atoms with Gasteiger partial charge in [-0.2, -0.15) is 9.97 Å². The Balaban J connectivity index is 1.35. The minimum Gasteiger partial charge on any atom is -0.463 e. The van der Waals surface area contributed by atoms with Gasteiger partial charge >= 0.3 is 6.01 Å². The Hall–Kier alpha value is -4.05. The number of fused-ring (bicyclic) bond motifs is 2. The van der Waals surface area contributed by atoms with E-state index in [1.165, 1.54) is 11.0 Å². The Labute approximate surface area is 272 Å². The molecule has 242 valence electrons. The van der Waals surface area contributed by atoms with Gasteiger partial charge < -0.3 is 33.9 Å². The van der Waals surface area contributed by atoms with Gasteiger partial charge in [-0.3, -0.25) is 4.79 Å². The molecule has 1 atom stereocenters. The second kappa shape index (κ2) is 13.0. The Morgan fingerprint density at radius 3 is 2.70 bits per heavy atom. The number of carbonyl (C=O) groups is 1. The van der Waals surface area contributed by atoms with Crippen LogP contribution in [0.25, 0.3) is 15.6 Å². The summed E-state index contributed by atoms with van der Waals surface area (Å²) in [6, 6.07) is 8.55. The molecule has 3 aliphatic heterocycles. The van der Waals surface area contributed by atoms with E-state index in [1.54, 1.807) is 13.2 Å². The van der Waals surface area contributed by atoms with Gasteiger partial charge in [-0.25, -0.2) is 15.4 Å². The quantitative estimate of drug-likeness (QED) is 0.250. The number of amides is 1. The first-order valence-electron chi connectivity index (χ1n) is 15.2. The molecule has 2 fully saturated rings. The van der Waals surface area contributed by atoms with E-state index in [4.69, 9.17) is 37.6 Å². The predicted octanol–water partition coefficient (Wildman–Crippen LogP) is 4.36. The summed E-state index contributed by atoms with van der Waals surface area (Å²) in [7, 11) is 3.72. The second-order valence-corrected chi connectivity index (χ2v) is 12.8. The molecule has 1 amide bonds. The highest BCUT2D eigenvalue weighted by atomic mass is 35.5. The molecule has 46 heavy (non-hydrogen) atoms. The predicted molar refractivity (Wildman–Crippen MR) is 172 cm³/mol. The molecule has 4 heterocycles. The van der Waals surface area contributed by atoms with Gasteiger partial charge in [0.2, 0.25) is 6.54 Å². The zero-order valence-corrected chi connectivity index (χ0v) is 26.7. The van der Waals surface area contributed by atoms with Gasteiger partial charge in [-0.15, -0.1) is 0 Å². The van der Waals surface area contributed by atoms with Crippen LogP contribution in [0.1, 0.15) is 11.3 Å². The Morgan fingerprint density at radius 1 is 1.17 bits per heavy atom. The SMILES string of the molecule is [C-]#[N+]C[C@H]1CN(c2nc(OCC3(COC)CN(C)C3)nc3c2CCN(c2cccc4ccc(F)c(Cl)c24)C3)CCN1C(=O)C(=C)F. The van der Waals surface area contributed by atoms with Crippen LogP contribution in [0.5, 0.6) is 6.01 Å². The lowest BCUT2D eigenvalue weighted by molar-refractivity contribution is -0.131. The number of likely N-dealkylation sites (tertiary alicyclic amines) is 1. The molecule has 0 unspecified atom stereocenters. The Morgan fingerprint density at radius 2 is 1.98 bits per heavy atom. The Kier molecular flexibility index (Phi) is 9.01. The summed E-state index contributed by atoms with van der Waals surface area (Å²) in [4.78, 5) is 33.6. The van der Waals surface area contributed by atoms with Crippen LogP contribution in [0.2, 0.25) is 5.02 Å². The smallest absolute Gasteiger partial charge is 0.318 e. The van der Waals surface area contributed by atoms with Crippen molar-refractivity contribution in [1.29, 1.82) is 0 Å². The summed E-state index contributed by atoms with van der Waals surface area (Å²) in [5.41, 5.74) is 2.33. The van der Waals surface area contributed by atoms with Crippen LogP contribution in [0.3, 0.4) is 0 Å². The van der Waals surface area contributed by atoms with Gasteiger partial charge in [0.05, 0.1) is 29.3 Å². The second-order valence-electron chi connectivity index (χ2n) is 12.4. The van der Waals surface area contributed by atoms with E-state index < -0.39 is 23.6 Å². The van der Waals surface area contributed by atoms with Crippen molar-refractivity contribution in [2.45, 2.75) is 19.0 Å². The minimum absolute atomic E-state index is 0.0192. The minimum atomic E-state index is -1.04. The first kappa shape index (κ1) is 31.9. The molecule has 2 aromatic carbocycles. The zero-order chi connectivity index (χ0) is 32.6. The number of piperazine rings is 1. The Bertz CT molecular complexity index is 1710. The monoisotopic (exact) mass is 651 g/mol. The van der Waals surface area contributed by atoms with Gasteiger partial charge in [-0.1, -0.05) is 36.4 Å². The first-order chi connectivity index (χ1) is 22.1. The van der Waals surface area contributed by atoms with Crippen LogP contribution < -0.4 is 14.5 Å². The van der Waals surface area contributed by atoms with E-state index in [0.29, 0.717) is 57.0 Å². The number of aromatic nitrogens is 2. The molecule has 0 aliphatic carbocycles. The summed E-state index contributed by atoms with van der Waals surface area (Å²) in [6.45, 7) is 15.1. The molecular weight excluding hydrogens is 616 g/mol. The molecule has 0 N–H and O–H groups in total. The zero-order valence-electron chi connectivity index (χ0n) is 25.9.